The van der Waals surface area contributed by atoms with E-state index in [0.717, 1.165) is 19.8 Å². The van der Waals surface area contributed by atoms with Crippen molar-refractivity contribution in [3.63, 3.8) is 0 Å². The van der Waals surface area contributed by atoms with Crippen LogP contribution in [0.2, 0.25) is 0 Å². The summed E-state index contributed by atoms with van der Waals surface area (Å²) >= 11 is 0. The Bertz CT molecular complexity index is 1400. The van der Waals surface area contributed by atoms with E-state index in [4.69, 9.17) is 0 Å². The third kappa shape index (κ3) is 3.32. The highest BCUT2D eigenvalue weighted by Gasteiger charge is 2.36. The van der Waals surface area contributed by atoms with Crippen molar-refractivity contribution in [3.8, 4) is 0 Å². The predicted octanol–water partition coefficient (Wildman–Crippen LogP) is 4.30. The normalized spacial score (nSPS) is 13.8. The molecule has 0 amide bonds. The van der Waals surface area contributed by atoms with Crippen LogP contribution in [0.15, 0.2) is 78.9 Å². The lowest BCUT2D eigenvalue weighted by atomic mass is 10.0. The standard InChI is InChI=1S/C29H31N4P/c1-30(2)19-32-26-16-10-8-14-22(26)24-18-25-23-15-9-11-17-27(23)33(20-31(3)4)29(25)34(28(24)32)21-12-6-5-7-13-21/h5-17H,18-20H2,1-4H3. The van der Waals surface area contributed by atoms with Gasteiger partial charge in [0.1, 0.15) is 0 Å². The maximum absolute atomic E-state index is 2.59. The molecule has 0 saturated carbocycles. The van der Waals surface area contributed by atoms with E-state index in [1.807, 2.05) is 0 Å². The van der Waals surface area contributed by atoms with Crippen molar-refractivity contribution in [1.82, 2.24) is 18.9 Å². The topological polar surface area (TPSA) is 16.3 Å². The van der Waals surface area contributed by atoms with Crippen LogP contribution in [-0.4, -0.2) is 47.1 Å². The summed E-state index contributed by atoms with van der Waals surface area (Å²) in [6, 6.07) is 29.2. The average Bonchev–Trinajstić information content (AvgIpc) is 3.31. The zero-order valence-corrected chi connectivity index (χ0v) is 21.3. The van der Waals surface area contributed by atoms with Gasteiger partial charge in [-0.15, -0.1) is 0 Å². The molecule has 3 aromatic carbocycles. The molecule has 5 aromatic rings. The fourth-order valence-electron chi connectivity index (χ4n) is 5.53. The van der Waals surface area contributed by atoms with Gasteiger partial charge in [-0.25, -0.2) is 0 Å². The van der Waals surface area contributed by atoms with Gasteiger partial charge in [0.2, 0.25) is 0 Å². The molecule has 172 valence electrons. The van der Waals surface area contributed by atoms with Crippen molar-refractivity contribution in [2.45, 2.75) is 19.8 Å². The summed E-state index contributed by atoms with van der Waals surface area (Å²) in [5, 5.41) is 4.22. The molecular weight excluding hydrogens is 435 g/mol. The van der Waals surface area contributed by atoms with Gasteiger partial charge in [0.05, 0.1) is 24.2 Å². The fraction of sp³-hybridized carbons (Fsp3) is 0.241. The van der Waals surface area contributed by atoms with Gasteiger partial charge in [-0.1, -0.05) is 66.7 Å². The lowest BCUT2D eigenvalue weighted by Crippen LogP contribution is -2.39. The summed E-state index contributed by atoms with van der Waals surface area (Å²) in [5.74, 6) is 0. The maximum atomic E-state index is 2.59. The molecule has 0 fully saturated rings. The van der Waals surface area contributed by atoms with Crippen LogP contribution in [0.3, 0.4) is 0 Å². The van der Waals surface area contributed by atoms with Crippen LogP contribution < -0.4 is 16.2 Å². The summed E-state index contributed by atoms with van der Waals surface area (Å²) in [6.07, 6.45) is 0.984. The molecule has 2 aromatic heterocycles. The molecule has 0 aliphatic carbocycles. The molecule has 1 aliphatic heterocycles. The molecule has 0 spiro atoms. The lowest BCUT2D eigenvalue weighted by molar-refractivity contribution is 0.335. The monoisotopic (exact) mass is 466 g/mol. The summed E-state index contributed by atoms with van der Waals surface area (Å²) in [5.41, 5.74) is 8.72. The molecule has 3 heterocycles. The van der Waals surface area contributed by atoms with Gasteiger partial charge in [-0.05, 0) is 56.8 Å². The third-order valence-corrected chi connectivity index (χ3v) is 9.42. The Hall–Kier alpha value is -2.91. The minimum atomic E-state index is -0.722. The Labute approximate surface area is 202 Å². The first-order valence-electron chi connectivity index (χ1n) is 11.9. The summed E-state index contributed by atoms with van der Waals surface area (Å²) in [6.45, 7) is 1.76. The van der Waals surface area contributed by atoms with Gasteiger partial charge in [-0.3, -0.25) is 9.80 Å². The van der Waals surface area contributed by atoms with E-state index in [-0.39, 0.29) is 0 Å². The van der Waals surface area contributed by atoms with E-state index in [2.05, 4.69) is 126 Å². The smallest absolute Gasteiger partial charge is 0.0752 e. The Morgan fingerprint density at radius 1 is 0.618 bits per heavy atom. The first-order chi connectivity index (χ1) is 16.5. The number of aromatic nitrogens is 2. The predicted molar refractivity (Wildman–Crippen MR) is 146 cm³/mol. The zero-order valence-electron chi connectivity index (χ0n) is 20.4. The molecule has 0 unspecified atom stereocenters. The Kier molecular flexibility index (Phi) is 5.33. The van der Waals surface area contributed by atoms with Crippen LogP contribution in [0.1, 0.15) is 11.1 Å². The SMILES string of the molecule is CN(C)Cn1c2c(c3ccccc31)Cc1c(n(CN(C)C)c3ccccc13)P2c1ccccc1. The number of rotatable bonds is 5. The highest BCUT2D eigenvalue weighted by molar-refractivity contribution is 7.79. The molecule has 1 aliphatic rings. The van der Waals surface area contributed by atoms with Crippen LogP contribution in [0.5, 0.6) is 0 Å². The highest BCUT2D eigenvalue weighted by Crippen LogP contribution is 2.45. The van der Waals surface area contributed by atoms with Gasteiger partial charge in [0.25, 0.3) is 0 Å². The second kappa shape index (κ2) is 8.39. The first kappa shape index (κ1) is 21.6. The van der Waals surface area contributed by atoms with Gasteiger partial charge >= 0.3 is 0 Å². The zero-order chi connectivity index (χ0) is 23.4. The molecule has 0 radical (unpaired) electrons. The summed E-state index contributed by atoms with van der Waals surface area (Å²) < 4.78 is 5.17. The second-order valence-corrected chi connectivity index (χ2v) is 11.8. The molecule has 0 bridgehead atoms. The van der Waals surface area contributed by atoms with Crippen LogP contribution in [0, 0.1) is 0 Å². The minimum absolute atomic E-state index is 0.722. The van der Waals surface area contributed by atoms with Gasteiger partial charge < -0.3 is 9.13 Å². The number of para-hydroxylation sites is 2. The van der Waals surface area contributed by atoms with Crippen LogP contribution in [0.25, 0.3) is 21.8 Å². The molecular formula is C29H31N4P. The number of hydrogen-bond acceptors (Lipinski definition) is 2. The van der Waals surface area contributed by atoms with Crippen molar-refractivity contribution >= 4 is 45.9 Å². The van der Waals surface area contributed by atoms with E-state index < -0.39 is 7.92 Å². The average molecular weight is 467 g/mol. The molecule has 5 heteroatoms. The Morgan fingerprint density at radius 3 is 1.53 bits per heavy atom. The second-order valence-electron chi connectivity index (χ2n) is 9.78. The van der Waals surface area contributed by atoms with Crippen molar-refractivity contribution in [1.29, 1.82) is 0 Å². The largest absolute Gasteiger partial charge is 0.326 e. The van der Waals surface area contributed by atoms with Crippen molar-refractivity contribution in [2.24, 2.45) is 0 Å². The number of fused-ring (bicyclic) bond motifs is 6. The molecule has 0 atom stereocenters. The van der Waals surface area contributed by atoms with Crippen molar-refractivity contribution in [3.05, 3.63) is 90.0 Å². The Morgan fingerprint density at radius 2 is 1.06 bits per heavy atom. The summed E-state index contributed by atoms with van der Waals surface area (Å²) in [7, 11) is 7.96. The van der Waals surface area contributed by atoms with Crippen LogP contribution in [0.4, 0.5) is 0 Å². The fourth-order valence-corrected chi connectivity index (χ4v) is 8.46. The van der Waals surface area contributed by atoms with Gasteiger partial charge in [-0.2, -0.15) is 0 Å². The Balaban J connectivity index is 1.74. The third-order valence-electron chi connectivity index (χ3n) is 6.73. The molecule has 0 saturated heterocycles. The minimum Gasteiger partial charge on any atom is -0.326 e. The molecule has 0 N–H and O–H groups in total. The highest BCUT2D eigenvalue weighted by atomic mass is 31.1. The van der Waals surface area contributed by atoms with Crippen LogP contribution in [-0.2, 0) is 19.8 Å². The van der Waals surface area contributed by atoms with Gasteiger partial charge in [0, 0.05) is 36.1 Å². The van der Waals surface area contributed by atoms with Crippen molar-refractivity contribution in [2.75, 3.05) is 28.2 Å². The lowest BCUT2D eigenvalue weighted by Gasteiger charge is -2.30. The molecule has 34 heavy (non-hydrogen) atoms. The van der Waals surface area contributed by atoms with E-state index in [1.165, 1.54) is 49.1 Å². The first-order valence-corrected chi connectivity index (χ1v) is 13.2. The van der Waals surface area contributed by atoms with Gasteiger partial charge in [0.15, 0.2) is 0 Å². The van der Waals surface area contributed by atoms with Crippen molar-refractivity contribution < 1.29 is 0 Å². The number of benzene rings is 3. The molecule has 4 nitrogen and oxygen atoms in total. The van der Waals surface area contributed by atoms with Crippen LogP contribution >= 0.6 is 7.92 Å². The number of hydrogen-bond donors (Lipinski definition) is 0. The summed E-state index contributed by atoms with van der Waals surface area (Å²) in [4.78, 5) is 4.58. The van der Waals surface area contributed by atoms with E-state index >= 15 is 0 Å². The van der Waals surface area contributed by atoms with E-state index in [1.54, 1.807) is 0 Å². The maximum Gasteiger partial charge on any atom is 0.0752 e. The number of nitrogens with zero attached hydrogens (tertiary/aromatic N) is 4. The molecule has 6 rings (SSSR count). The quantitative estimate of drug-likeness (QED) is 0.353. The van der Waals surface area contributed by atoms with E-state index in [0.29, 0.717) is 0 Å². The van der Waals surface area contributed by atoms with E-state index in [9.17, 15) is 0 Å².